The van der Waals surface area contributed by atoms with E-state index in [1.54, 1.807) is 33.4 Å². The van der Waals surface area contributed by atoms with E-state index < -0.39 is 0 Å². The van der Waals surface area contributed by atoms with Crippen molar-refractivity contribution in [3.63, 3.8) is 0 Å². The van der Waals surface area contributed by atoms with Gasteiger partial charge in [0.25, 0.3) is 0 Å². The van der Waals surface area contributed by atoms with Crippen LogP contribution in [0.3, 0.4) is 0 Å². The maximum atomic E-state index is 2.71. The van der Waals surface area contributed by atoms with Crippen molar-refractivity contribution >= 4 is 43.6 Å². The molecule has 6 aliphatic rings. The summed E-state index contributed by atoms with van der Waals surface area (Å²) in [5.74, 6) is 1.32. The smallest absolute Gasteiger partial charge is 0.0548 e. The highest BCUT2D eigenvalue weighted by Crippen LogP contribution is 2.98. The highest BCUT2D eigenvalue weighted by Gasteiger charge is 2.94. The molecule has 2 heterocycles. The van der Waals surface area contributed by atoms with Gasteiger partial charge < -0.3 is 9.13 Å². The van der Waals surface area contributed by atoms with Crippen LogP contribution in [0.15, 0.2) is 231 Å². The molecular formula is C68H44N2. The Hall–Kier alpha value is -8.20. The van der Waals surface area contributed by atoms with Crippen LogP contribution in [0.4, 0.5) is 0 Å². The quantitative estimate of drug-likeness (QED) is 0.164. The average molecular weight is 889 g/mol. The molecule has 2 spiro atoms. The van der Waals surface area contributed by atoms with E-state index in [9.17, 15) is 0 Å². The molecule has 0 radical (unpaired) electrons. The Balaban J connectivity index is 0.965. The Morgan fingerprint density at radius 1 is 0.314 bits per heavy atom. The molecule has 3 saturated carbocycles. The van der Waals surface area contributed by atoms with Gasteiger partial charge in [0.15, 0.2) is 0 Å². The van der Waals surface area contributed by atoms with E-state index in [0.717, 1.165) is 6.42 Å². The number of hydrogen-bond donors (Lipinski definition) is 0. The summed E-state index contributed by atoms with van der Waals surface area (Å²) < 4.78 is 5.07. The van der Waals surface area contributed by atoms with Crippen LogP contribution in [0, 0.1) is 5.92 Å². The van der Waals surface area contributed by atoms with Crippen molar-refractivity contribution in [3.05, 3.63) is 264 Å². The fourth-order valence-corrected chi connectivity index (χ4v) is 17.7. The number of rotatable bonds is 2. The molecule has 12 aromatic rings. The van der Waals surface area contributed by atoms with Crippen LogP contribution >= 0.6 is 0 Å². The SMILES string of the molecule is c1ccc(-n2c3ccccc3c3cc4c(cc32)c2ccccc2n4-c2ccc3c(c2)C24C(c5ccccc5-3)C35CC(c6ccccc6-c6ccccc63)C3(c6ccccc6-c6ccccc6C32)C54)cc1. The van der Waals surface area contributed by atoms with E-state index in [1.165, 1.54) is 88.4 Å². The maximum Gasteiger partial charge on any atom is 0.0548 e. The van der Waals surface area contributed by atoms with Crippen LogP contribution in [0.5, 0.6) is 0 Å². The molecule has 2 bridgehead atoms. The second-order valence-corrected chi connectivity index (χ2v) is 21.5. The summed E-state index contributed by atoms with van der Waals surface area (Å²) >= 11 is 0. The molecule has 10 aromatic carbocycles. The molecule has 70 heavy (non-hydrogen) atoms. The van der Waals surface area contributed by atoms with Crippen molar-refractivity contribution in [1.29, 1.82) is 0 Å². The van der Waals surface area contributed by atoms with Crippen LogP contribution in [-0.2, 0) is 16.2 Å². The molecule has 0 aliphatic heterocycles. The highest BCUT2D eigenvalue weighted by atomic mass is 15.0. The molecule has 7 unspecified atom stereocenters. The second-order valence-electron chi connectivity index (χ2n) is 21.5. The summed E-state index contributed by atoms with van der Waals surface area (Å²) in [5.41, 5.74) is 25.0. The zero-order valence-corrected chi connectivity index (χ0v) is 38.4. The Morgan fingerprint density at radius 2 is 0.800 bits per heavy atom. The van der Waals surface area contributed by atoms with Crippen LogP contribution < -0.4 is 0 Å². The summed E-state index contributed by atoms with van der Waals surface area (Å²) in [7, 11) is 0. The molecule has 2 heteroatoms. The first-order chi connectivity index (χ1) is 34.7. The third-order valence-corrected chi connectivity index (χ3v) is 19.3. The number of nitrogens with zero attached hydrogens (tertiary/aromatic N) is 2. The highest BCUT2D eigenvalue weighted by molar-refractivity contribution is 6.19. The fourth-order valence-electron chi connectivity index (χ4n) is 17.7. The van der Waals surface area contributed by atoms with Gasteiger partial charge in [-0.15, -0.1) is 0 Å². The first-order valence-electron chi connectivity index (χ1n) is 25.4. The maximum absolute atomic E-state index is 2.71. The van der Waals surface area contributed by atoms with Gasteiger partial charge in [-0.3, -0.25) is 0 Å². The summed E-state index contributed by atoms with van der Waals surface area (Å²) in [6.07, 6.45) is 1.15. The van der Waals surface area contributed by atoms with Gasteiger partial charge >= 0.3 is 0 Å². The minimum absolute atomic E-state index is 0.0641. The van der Waals surface area contributed by atoms with Crippen molar-refractivity contribution in [2.45, 2.75) is 40.4 Å². The van der Waals surface area contributed by atoms with Gasteiger partial charge in [0, 0.05) is 61.0 Å². The van der Waals surface area contributed by atoms with E-state index in [2.05, 4.69) is 240 Å². The Labute approximate surface area is 405 Å². The molecule has 6 aliphatic carbocycles. The Morgan fingerprint density at radius 3 is 1.47 bits per heavy atom. The van der Waals surface area contributed by atoms with Crippen molar-refractivity contribution in [3.8, 4) is 44.8 Å². The molecule has 0 N–H and O–H groups in total. The van der Waals surface area contributed by atoms with E-state index in [0.29, 0.717) is 17.8 Å². The molecule has 0 amide bonds. The van der Waals surface area contributed by atoms with Gasteiger partial charge in [-0.2, -0.15) is 0 Å². The molecule has 7 atom stereocenters. The third-order valence-electron chi connectivity index (χ3n) is 19.3. The Kier molecular flexibility index (Phi) is 6.48. The van der Waals surface area contributed by atoms with Gasteiger partial charge in [-0.05, 0) is 134 Å². The average Bonchev–Trinajstić information content (AvgIpc) is 3.92. The lowest BCUT2D eigenvalue weighted by molar-refractivity contribution is -0.178. The second kappa shape index (κ2) is 12.3. The van der Waals surface area contributed by atoms with Crippen molar-refractivity contribution in [1.82, 2.24) is 9.13 Å². The third kappa shape index (κ3) is 3.81. The molecule has 2 aromatic heterocycles. The first kappa shape index (κ1) is 36.8. The van der Waals surface area contributed by atoms with Crippen LogP contribution in [0.2, 0.25) is 0 Å². The zero-order valence-electron chi connectivity index (χ0n) is 38.4. The van der Waals surface area contributed by atoms with E-state index in [-0.39, 0.29) is 22.2 Å². The topological polar surface area (TPSA) is 9.86 Å². The molecule has 326 valence electrons. The number of para-hydroxylation sites is 3. The molecule has 2 nitrogen and oxygen atoms in total. The summed E-state index contributed by atoms with van der Waals surface area (Å²) in [5, 5.41) is 5.11. The fraction of sp³-hybridized carbons (Fsp3) is 0.118. The molecular weight excluding hydrogens is 845 g/mol. The predicted octanol–water partition coefficient (Wildman–Crippen LogP) is 16.3. The van der Waals surface area contributed by atoms with Crippen molar-refractivity contribution in [2.75, 3.05) is 0 Å². The summed E-state index contributed by atoms with van der Waals surface area (Å²) in [6.45, 7) is 0. The minimum Gasteiger partial charge on any atom is -0.309 e. The molecule has 0 saturated heterocycles. The number of aromatic nitrogens is 2. The first-order valence-corrected chi connectivity index (χ1v) is 25.4. The summed E-state index contributed by atoms with van der Waals surface area (Å²) in [6, 6.07) is 89.6. The minimum atomic E-state index is -0.146. The molecule has 3 fully saturated rings. The van der Waals surface area contributed by atoms with Gasteiger partial charge in [-0.1, -0.05) is 182 Å². The van der Waals surface area contributed by atoms with Gasteiger partial charge in [0.05, 0.1) is 22.1 Å². The number of hydrogen-bond acceptors (Lipinski definition) is 0. The van der Waals surface area contributed by atoms with Crippen LogP contribution in [0.1, 0.15) is 57.6 Å². The normalized spacial score (nSPS) is 25.3. The number of fused-ring (bicyclic) bond motifs is 18. The van der Waals surface area contributed by atoms with Crippen LogP contribution in [0.25, 0.3) is 88.4 Å². The van der Waals surface area contributed by atoms with Crippen molar-refractivity contribution < 1.29 is 0 Å². The van der Waals surface area contributed by atoms with Gasteiger partial charge in [0.1, 0.15) is 0 Å². The predicted molar refractivity (Wildman–Crippen MR) is 286 cm³/mol. The lowest BCUT2D eigenvalue weighted by Gasteiger charge is -2.85. The van der Waals surface area contributed by atoms with Crippen LogP contribution in [-0.4, -0.2) is 9.13 Å². The van der Waals surface area contributed by atoms with E-state index in [4.69, 9.17) is 0 Å². The monoisotopic (exact) mass is 888 g/mol. The standard InChI is InChI=1S/C68H44N2/c1-2-18-40(19-3-1)69-59-32-16-12-26-49(59)53-38-62-54(37-61(53)69)50-27-13-17-33-60(50)70(62)41-34-35-48-44-22-5-8-28-51(44)63-66-39-58(47-25-7-4-20-42(47)45-23-10-14-30-55(45)66)67-56-31-15-11-24-46(56)43-21-6-9-29-52(43)64(67)68(63,65(66)67)57(48)36-41/h1-38,58,63-65H,39H2. The van der Waals surface area contributed by atoms with Crippen molar-refractivity contribution in [2.24, 2.45) is 5.92 Å². The Bertz CT molecular complexity index is 4330. The largest absolute Gasteiger partial charge is 0.309 e. The molecule has 18 rings (SSSR count). The number of benzene rings is 10. The zero-order chi connectivity index (χ0) is 45.2. The lowest BCUT2D eigenvalue weighted by Crippen LogP contribution is -2.83. The van der Waals surface area contributed by atoms with Gasteiger partial charge in [0.2, 0.25) is 0 Å². The van der Waals surface area contributed by atoms with E-state index in [1.807, 2.05) is 0 Å². The van der Waals surface area contributed by atoms with Gasteiger partial charge in [-0.25, -0.2) is 0 Å². The summed E-state index contributed by atoms with van der Waals surface area (Å²) in [4.78, 5) is 0. The lowest BCUT2D eigenvalue weighted by atomic mass is 9.16. The van der Waals surface area contributed by atoms with E-state index >= 15 is 0 Å².